The van der Waals surface area contributed by atoms with Crippen LogP contribution >= 0.6 is 23.4 Å². The molecule has 4 rings (SSSR count). The number of thioether (sulfide) groups is 1. The van der Waals surface area contributed by atoms with Crippen molar-refractivity contribution in [1.82, 2.24) is 10.2 Å². The Morgan fingerprint density at radius 1 is 1.20 bits per heavy atom. The Morgan fingerprint density at radius 2 is 2.00 bits per heavy atom. The standard InChI is InChI=1S/C19H21ClN2O2S/c20-14-2-4-18-16(10-14)15-9-13(1-3-17(15)24-18)12-25-19-11-22(7-8-23)6-5-21-19/h1-4,9-10,19,21,23H,5-8,11-12H2. The van der Waals surface area contributed by atoms with Crippen LogP contribution in [0, 0.1) is 0 Å². The summed E-state index contributed by atoms with van der Waals surface area (Å²) in [5.74, 6) is 0.938. The fourth-order valence-corrected chi connectivity index (χ4v) is 4.61. The Balaban J connectivity index is 1.50. The number of rotatable bonds is 5. The molecular weight excluding hydrogens is 356 g/mol. The quantitative estimate of drug-likeness (QED) is 0.711. The lowest BCUT2D eigenvalue weighted by Crippen LogP contribution is -2.49. The van der Waals surface area contributed by atoms with Crippen molar-refractivity contribution in [2.24, 2.45) is 0 Å². The van der Waals surface area contributed by atoms with E-state index in [9.17, 15) is 0 Å². The summed E-state index contributed by atoms with van der Waals surface area (Å²) in [5.41, 5.74) is 3.05. The van der Waals surface area contributed by atoms with Crippen molar-refractivity contribution in [3.05, 3.63) is 47.0 Å². The molecule has 1 aliphatic rings. The van der Waals surface area contributed by atoms with Crippen molar-refractivity contribution in [2.75, 3.05) is 32.8 Å². The Kier molecular flexibility index (Phi) is 5.20. The third-order valence-corrected chi connectivity index (χ3v) is 6.04. The molecule has 4 nitrogen and oxygen atoms in total. The van der Waals surface area contributed by atoms with Gasteiger partial charge in [0.1, 0.15) is 11.2 Å². The van der Waals surface area contributed by atoms with Crippen molar-refractivity contribution >= 4 is 45.3 Å². The molecule has 0 spiro atoms. The van der Waals surface area contributed by atoms with Crippen molar-refractivity contribution in [1.29, 1.82) is 0 Å². The van der Waals surface area contributed by atoms with E-state index in [2.05, 4.69) is 22.3 Å². The summed E-state index contributed by atoms with van der Waals surface area (Å²) in [6.45, 7) is 3.93. The fraction of sp³-hybridized carbons (Fsp3) is 0.368. The topological polar surface area (TPSA) is 48.6 Å². The van der Waals surface area contributed by atoms with Gasteiger partial charge in [0.25, 0.3) is 0 Å². The SMILES string of the molecule is OCCN1CCNC(SCc2ccc3oc4ccc(Cl)cc4c3c2)C1. The zero-order valence-corrected chi connectivity index (χ0v) is 15.4. The molecule has 0 saturated carbocycles. The molecule has 6 heteroatoms. The summed E-state index contributed by atoms with van der Waals surface area (Å²) in [7, 11) is 0. The number of aliphatic hydroxyl groups is 1. The molecule has 2 heterocycles. The molecule has 1 fully saturated rings. The Labute approximate surface area is 156 Å². The number of hydrogen-bond acceptors (Lipinski definition) is 5. The van der Waals surface area contributed by atoms with Crippen LogP contribution in [0.15, 0.2) is 40.8 Å². The number of furan rings is 1. The van der Waals surface area contributed by atoms with Gasteiger partial charge in [-0.25, -0.2) is 0 Å². The first-order chi connectivity index (χ1) is 12.2. The maximum Gasteiger partial charge on any atom is 0.135 e. The van der Waals surface area contributed by atoms with Crippen molar-refractivity contribution in [3.8, 4) is 0 Å². The molecule has 1 unspecified atom stereocenters. The molecule has 132 valence electrons. The molecule has 0 aliphatic carbocycles. The summed E-state index contributed by atoms with van der Waals surface area (Å²) >= 11 is 8.05. The molecule has 2 N–H and O–H groups in total. The molecule has 3 aromatic rings. The Hall–Kier alpha value is -1.24. The van der Waals surface area contributed by atoms with Crippen LogP contribution in [0.2, 0.25) is 5.02 Å². The first-order valence-corrected chi connectivity index (χ1v) is 9.94. The second-order valence-corrected chi connectivity index (χ2v) is 7.98. The summed E-state index contributed by atoms with van der Waals surface area (Å²) < 4.78 is 5.89. The average Bonchev–Trinajstić information content (AvgIpc) is 2.98. The molecule has 1 saturated heterocycles. The maximum atomic E-state index is 9.11. The van der Waals surface area contributed by atoms with E-state index in [4.69, 9.17) is 21.1 Å². The van der Waals surface area contributed by atoms with Crippen LogP contribution in [0.25, 0.3) is 21.9 Å². The van der Waals surface area contributed by atoms with Crippen molar-refractivity contribution in [3.63, 3.8) is 0 Å². The van der Waals surface area contributed by atoms with E-state index in [0.717, 1.165) is 58.9 Å². The van der Waals surface area contributed by atoms with Gasteiger partial charge in [0.05, 0.1) is 12.0 Å². The minimum atomic E-state index is 0.226. The third kappa shape index (κ3) is 3.81. The zero-order valence-electron chi connectivity index (χ0n) is 13.9. The van der Waals surface area contributed by atoms with Gasteiger partial charge in [-0.1, -0.05) is 17.7 Å². The van der Waals surface area contributed by atoms with Gasteiger partial charge in [0.2, 0.25) is 0 Å². The van der Waals surface area contributed by atoms with Gasteiger partial charge < -0.3 is 14.8 Å². The van der Waals surface area contributed by atoms with E-state index >= 15 is 0 Å². The van der Waals surface area contributed by atoms with Crippen LogP contribution in [0.5, 0.6) is 0 Å². The third-order valence-electron chi connectivity index (χ3n) is 4.59. The number of benzene rings is 2. The van der Waals surface area contributed by atoms with Crippen molar-refractivity contribution in [2.45, 2.75) is 11.1 Å². The number of hydrogen-bond donors (Lipinski definition) is 2. The van der Waals surface area contributed by atoms with E-state index in [1.165, 1.54) is 5.56 Å². The highest BCUT2D eigenvalue weighted by Gasteiger charge is 2.19. The maximum absolute atomic E-state index is 9.11. The van der Waals surface area contributed by atoms with E-state index in [1.54, 1.807) is 0 Å². The number of nitrogens with one attached hydrogen (secondary N) is 1. The van der Waals surface area contributed by atoms with Gasteiger partial charge in [-0.3, -0.25) is 4.90 Å². The van der Waals surface area contributed by atoms with Gasteiger partial charge >= 0.3 is 0 Å². The molecule has 0 amide bonds. The van der Waals surface area contributed by atoms with E-state index in [1.807, 2.05) is 36.0 Å². The largest absolute Gasteiger partial charge is 0.456 e. The summed E-state index contributed by atoms with van der Waals surface area (Å²) in [4.78, 5) is 2.31. The second-order valence-electron chi connectivity index (χ2n) is 6.35. The molecule has 2 aromatic carbocycles. The predicted octanol–water partition coefficient (Wildman–Crippen LogP) is 3.70. The van der Waals surface area contributed by atoms with E-state index in [-0.39, 0.29) is 6.61 Å². The molecule has 1 aliphatic heterocycles. The summed E-state index contributed by atoms with van der Waals surface area (Å²) in [5, 5.41) is 16.0. The molecule has 1 atom stereocenters. The molecule has 0 bridgehead atoms. The fourth-order valence-electron chi connectivity index (χ4n) is 3.31. The van der Waals surface area contributed by atoms with Crippen LogP contribution in [0.4, 0.5) is 0 Å². The number of aliphatic hydroxyl groups excluding tert-OH is 1. The van der Waals surface area contributed by atoms with Crippen LogP contribution in [0.3, 0.4) is 0 Å². The Morgan fingerprint density at radius 3 is 2.84 bits per heavy atom. The van der Waals surface area contributed by atoms with Crippen LogP contribution in [0.1, 0.15) is 5.56 Å². The minimum absolute atomic E-state index is 0.226. The summed E-state index contributed by atoms with van der Waals surface area (Å²) in [6.07, 6.45) is 0. The molecule has 0 radical (unpaired) electrons. The monoisotopic (exact) mass is 376 g/mol. The Bertz CT molecular complexity index is 880. The minimum Gasteiger partial charge on any atom is -0.456 e. The second kappa shape index (κ2) is 7.56. The van der Waals surface area contributed by atoms with Gasteiger partial charge in [-0.05, 0) is 35.9 Å². The van der Waals surface area contributed by atoms with E-state index < -0.39 is 0 Å². The number of piperazine rings is 1. The van der Waals surface area contributed by atoms with Crippen LogP contribution in [-0.2, 0) is 5.75 Å². The number of halogens is 1. The van der Waals surface area contributed by atoms with Crippen LogP contribution in [-0.4, -0.2) is 48.2 Å². The summed E-state index contributed by atoms with van der Waals surface area (Å²) in [6, 6.07) is 12.1. The predicted molar refractivity (Wildman–Crippen MR) is 105 cm³/mol. The smallest absolute Gasteiger partial charge is 0.135 e. The number of fused-ring (bicyclic) bond motifs is 3. The lowest BCUT2D eigenvalue weighted by Gasteiger charge is -2.32. The highest BCUT2D eigenvalue weighted by atomic mass is 35.5. The molecule has 25 heavy (non-hydrogen) atoms. The zero-order chi connectivity index (χ0) is 17.2. The van der Waals surface area contributed by atoms with Gasteiger partial charge in [0, 0.05) is 47.7 Å². The molecular formula is C19H21ClN2O2S. The lowest BCUT2D eigenvalue weighted by molar-refractivity contribution is 0.175. The highest BCUT2D eigenvalue weighted by molar-refractivity contribution is 7.99. The van der Waals surface area contributed by atoms with Crippen molar-refractivity contribution < 1.29 is 9.52 Å². The number of β-amino-alcohol motifs (C(OH)–C–C–N with tert-alkyl or cyclic N) is 1. The van der Waals surface area contributed by atoms with Gasteiger partial charge in [-0.15, -0.1) is 11.8 Å². The van der Waals surface area contributed by atoms with Gasteiger partial charge in [0.15, 0.2) is 0 Å². The first-order valence-electron chi connectivity index (χ1n) is 8.52. The lowest BCUT2D eigenvalue weighted by atomic mass is 10.1. The van der Waals surface area contributed by atoms with Crippen LogP contribution < -0.4 is 5.32 Å². The normalized spacial score (nSPS) is 19.0. The molecule has 1 aromatic heterocycles. The van der Waals surface area contributed by atoms with Gasteiger partial charge in [-0.2, -0.15) is 0 Å². The first kappa shape index (κ1) is 17.2. The average molecular weight is 377 g/mol. The number of nitrogens with zero attached hydrogens (tertiary/aromatic N) is 1. The van der Waals surface area contributed by atoms with E-state index in [0.29, 0.717) is 5.37 Å². The highest BCUT2D eigenvalue weighted by Crippen LogP contribution is 2.32.